The Kier molecular flexibility index (Phi) is 4.91. The van der Waals surface area contributed by atoms with E-state index >= 15 is 0 Å². The zero-order valence-corrected chi connectivity index (χ0v) is 13.6. The second kappa shape index (κ2) is 6.34. The van der Waals surface area contributed by atoms with Gasteiger partial charge in [-0.3, -0.25) is 14.4 Å². The van der Waals surface area contributed by atoms with E-state index in [1.165, 1.54) is 5.06 Å². The molecular weight excluding hydrogens is 270 g/mol. The molecule has 21 heavy (non-hydrogen) atoms. The molecular formula is C16H27NO4. The molecule has 1 saturated carbocycles. The number of hydrogen-bond donors (Lipinski definition) is 0. The zero-order chi connectivity index (χ0) is 15.6. The van der Waals surface area contributed by atoms with E-state index in [0.29, 0.717) is 24.7 Å². The lowest BCUT2D eigenvalue weighted by atomic mass is 9.70. The van der Waals surface area contributed by atoms with Crippen molar-refractivity contribution in [3.63, 3.8) is 0 Å². The Hall–Kier alpha value is -1.10. The Morgan fingerprint density at radius 1 is 1.29 bits per heavy atom. The lowest BCUT2D eigenvalue weighted by Gasteiger charge is -2.45. The van der Waals surface area contributed by atoms with Crippen LogP contribution in [0.3, 0.4) is 0 Å². The number of esters is 1. The predicted octanol–water partition coefficient (Wildman–Crippen LogP) is 2.69. The van der Waals surface area contributed by atoms with Crippen LogP contribution in [-0.2, 0) is 19.2 Å². The summed E-state index contributed by atoms with van der Waals surface area (Å²) in [5.74, 6) is 0.582. The molecule has 0 spiro atoms. The van der Waals surface area contributed by atoms with Gasteiger partial charge in [-0.25, -0.2) is 5.06 Å². The van der Waals surface area contributed by atoms with Crippen LogP contribution in [-0.4, -0.2) is 35.7 Å². The summed E-state index contributed by atoms with van der Waals surface area (Å²) in [5, 5.41) is 1.54. The van der Waals surface area contributed by atoms with Gasteiger partial charge in [-0.05, 0) is 51.9 Å². The van der Waals surface area contributed by atoms with Crippen LogP contribution < -0.4 is 0 Å². The third-order valence-electron chi connectivity index (χ3n) is 4.46. The van der Waals surface area contributed by atoms with E-state index in [-0.39, 0.29) is 17.9 Å². The molecule has 0 radical (unpaired) electrons. The topological polar surface area (TPSA) is 55.8 Å². The van der Waals surface area contributed by atoms with Gasteiger partial charge in [0.1, 0.15) is 5.60 Å². The number of ether oxygens (including phenoxy) is 1. The average molecular weight is 297 g/mol. The van der Waals surface area contributed by atoms with Crippen LogP contribution in [0, 0.1) is 11.8 Å². The SMILES string of the molecule is CON1C(=O)CC[C@H]2[C@H](CC(=O)OC(C)(C)C)CCC[C@H]21. The van der Waals surface area contributed by atoms with Crippen LogP contribution in [0.25, 0.3) is 0 Å². The number of rotatable bonds is 3. The van der Waals surface area contributed by atoms with E-state index in [9.17, 15) is 9.59 Å². The quantitative estimate of drug-likeness (QED) is 0.752. The zero-order valence-electron chi connectivity index (χ0n) is 13.6. The molecule has 1 aliphatic heterocycles. The van der Waals surface area contributed by atoms with Crippen molar-refractivity contribution in [1.82, 2.24) is 5.06 Å². The van der Waals surface area contributed by atoms with Gasteiger partial charge in [0.25, 0.3) is 0 Å². The number of amides is 1. The summed E-state index contributed by atoms with van der Waals surface area (Å²) in [6.07, 6.45) is 4.85. The molecule has 1 saturated heterocycles. The molecule has 1 amide bonds. The minimum atomic E-state index is -0.438. The van der Waals surface area contributed by atoms with Crippen molar-refractivity contribution in [1.29, 1.82) is 0 Å². The lowest BCUT2D eigenvalue weighted by molar-refractivity contribution is -0.210. The second-order valence-corrected chi connectivity index (χ2v) is 7.15. The summed E-state index contributed by atoms with van der Waals surface area (Å²) in [7, 11) is 1.55. The van der Waals surface area contributed by atoms with Gasteiger partial charge < -0.3 is 4.74 Å². The van der Waals surface area contributed by atoms with Crippen molar-refractivity contribution in [2.24, 2.45) is 11.8 Å². The van der Waals surface area contributed by atoms with Crippen molar-refractivity contribution in [2.75, 3.05) is 7.11 Å². The van der Waals surface area contributed by atoms with Gasteiger partial charge in [0.2, 0.25) is 5.91 Å². The van der Waals surface area contributed by atoms with Crippen molar-refractivity contribution < 1.29 is 19.2 Å². The van der Waals surface area contributed by atoms with Crippen molar-refractivity contribution in [2.45, 2.75) is 70.9 Å². The molecule has 0 unspecified atom stereocenters. The van der Waals surface area contributed by atoms with Gasteiger partial charge in [0.05, 0.1) is 13.2 Å². The Balaban J connectivity index is 2.01. The third kappa shape index (κ3) is 3.96. The Morgan fingerprint density at radius 2 is 2.00 bits per heavy atom. The molecule has 0 aromatic rings. The van der Waals surface area contributed by atoms with Crippen molar-refractivity contribution in [3.8, 4) is 0 Å². The molecule has 1 aliphatic carbocycles. The molecule has 5 nitrogen and oxygen atoms in total. The first-order valence-corrected chi connectivity index (χ1v) is 7.90. The molecule has 0 N–H and O–H groups in total. The maximum Gasteiger partial charge on any atom is 0.306 e. The number of hydroxylamine groups is 2. The number of hydrogen-bond acceptors (Lipinski definition) is 4. The molecule has 0 aromatic heterocycles. The first kappa shape index (κ1) is 16.3. The molecule has 2 aliphatic rings. The Morgan fingerprint density at radius 3 is 2.62 bits per heavy atom. The van der Waals surface area contributed by atoms with Crippen LogP contribution in [0.1, 0.15) is 59.3 Å². The second-order valence-electron chi connectivity index (χ2n) is 7.15. The maximum absolute atomic E-state index is 12.1. The van der Waals surface area contributed by atoms with E-state index in [1.807, 2.05) is 20.8 Å². The van der Waals surface area contributed by atoms with E-state index in [2.05, 4.69) is 0 Å². The number of nitrogens with zero attached hydrogens (tertiary/aromatic N) is 1. The molecule has 5 heteroatoms. The molecule has 0 aromatic carbocycles. The fraction of sp³-hybridized carbons (Fsp3) is 0.875. The summed E-state index contributed by atoms with van der Waals surface area (Å²) < 4.78 is 5.44. The molecule has 3 atom stereocenters. The van der Waals surface area contributed by atoms with Gasteiger partial charge in [0, 0.05) is 12.8 Å². The van der Waals surface area contributed by atoms with Gasteiger partial charge in [-0.1, -0.05) is 6.42 Å². The first-order valence-electron chi connectivity index (χ1n) is 7.90. The highest BCUT2D eigenvalue weighted by atomic mass is 16.7. The molecule has 1 heterocycles. The molecule has 120 valence electrons. The monoisotopic (exact) mass is 297 g/mol. The summed E-state index contributed by atoms with van der Waals surface area (Å²) >= 11 is 0. The van der Waals surface area contributed by atoms with E-state index in [1.54, 1.807) is 7.11 Å². The lowest BCUT2D eigenvalue weighted by Crippen LogP contribution is -2.52. The molecule has 2 rings (SSSR count). The minimum absolute atomic E-state index is 0.0664. The van der Waals surface area contributed by atoms with Crippen LogP contribution in [0.5, 0.6) is 0 Å². The molecule has 0 bridgehead atoms. The Labute approximate surface area is 126 Å². The van der Waals surface area contributed by atoms with Crippen LogP contribution in [0.4, 0.5) is 0 Å². The number of carbonyl (C=O) groups is 2. The van der Waals surface area contributed by atoms with Gasteiger partial charge >= 0.3 is 5.97 Å². The summed E-state index contributed by atoms with van der Waals surface area (Å²) in [6.45, 7) is 5.67. The maximum atomic E-state index is 12.1. The van der Waals surface area contributed by atoms with E-state index in [0.717, 1.165) is 25.7 Å². The van der Waals surface area contributed by atoms with Crippen molar-refractivity contribution in [3.05, 3.63) is 0 Å². The molecule has 2 fully saturated rings. The summed E-state index contributed by atoms with van der Waals surface area (Å²) in [6, 6.07) is 0.123. The number of carbonyl (C=O) groups excluding carboxylic acids is 2. The fourth-order valence-corrected chi connectivity index (χ4v) is 3.72. The highest BCUT2D eigenvalue weighted by Gasteiger charge is 2.43. The smallest absolute Gasteiger partial charge is 0.306 e. The van der Waals surface area contributed by atoms with Crippen LogP contribution >= 0.6 is 0 Å². The van der Waals surface area contributed by atoms with Crippen molar-refractivity contribution >= 4 is 11.9 Å². The highest BCUT2D eigenvalue weighted by Crippen LogP contribution is 2.41. The van der Waals surface area contributed by atoms with Gasteiger partial charge in [0.15, 0.2) is 0 Å². The van der Waals surface area contributed by atoms with Gasteiger partial charge in [-0.15, -0.1) is 0 Å². The number of piperidine rings is 1. The van der Waals surface area contributed by atoms with Gasteiger partial charge in [-0.2, -0.15) is 0 Å². The predicted molar refractivity (Wildman–Crippen MR) is 78.2 cm³/mol. The highest BCUT2D eigenvalue weighted by molar-refractivity contribution is 5.76. The summed E-state index contributed by atoms with van der Waals surface area (Å²) in [4.78, 5) is 29.3. The largest absolute Gasteiger partial charge is 0.460 e. The van der Waals surface area contributed by atoms with E-state index in [4.69, 9.17) is 9.57 Å². The Bertz CT molecular complexity index is 402. The van der Waals surface area contributed by atoms with E-state index < -0.39 is 5.60 Å². The normalized spacial score (nSPS) is 30.0. The minimum Gasteiger partial charge on any atom is -0.460 e. The standard InChI is InChI=1S/C16H27NO4/c1-16(2,3)21-15(19)10-11-6-5-7-13-12(11)8-9-14(18)17(13)20-4/h11-13H,5-10H2,1-4H3/t11-,12-,13+/m0/s1. The average Bonchev–Trinajstić information content (AvgIpc) is 2.36. The van der Waals surface area contributed by atoms with Crippen LogP contribution in [0.2, 0.25) is 0 Å². The summed E-state index contributed by atoms with van der Waals surface area (Å²) in [5.41, 5.74) is -0.438. The fourth-order valence-electron chi connectivity index (χ4n) is 3.72. The number of fused-ring (bicyclic) bond motifs is 1. The third-order valence-corrected chi connectivity index (χ3v) is 4.46. The van der Waals surface area contributed by atoms with Crippen LogP contribution in [0.15, 0.2) is 0 Å². The first-order chi connectivity index (χ1) is 9.81.